The molecule has 1 aromatic rings. The number of aromatic amines is 1. The number of carbonyl (C=O) groups is 1. The van der Waals surface area contributed by atoms with Gasteiger partial charge in [0.25, 0.3) is 5.56 Å². The molecular formula is C10H12FN3O3. The Kier molecular flexibility index (Phi) is 3.08. The van der Waals surface area contributed by atoms with Gasteiger partial charge in [0.05, 0.1) is 6.20 Å². The Morgan fingerprint density at radius 2 is 1.88 bits per heavy atom. The molecule has 2 rings (SSSR count). The Hall–Kier alpha value is -1.92. The molecular weight excluding hydrogens is 229 g/mol. The lowest BCUT2D eigenvalue weighted by atomic mass is 10.1. The van der Waals surface area contributed by atoms with Crippen molar-refractivity contribution in [2.45, 2.75) is 19.3 Å². The van der Waals surface area contributed by atoms with Gasteiger partial charge in [-0.3, -0.25) is 9.78 Å². The van der Waals surface area contributed by atoms with Crippen LogP contribution in [0.2, 0.25) is 0 Å². The number of amides is 1. The Balaban J connectivity index is 2.33. The maximum absolute atomic E-state index is 13.0. The van der Waals surface area contributed by atoms with Crippen LogP contribution in [0.25, 0.3) is 0 Å². The smallest absolute Gasteiger partial charge is 0.324 e. The highest BCUT2D eigenvalue weighted by Gasteiger charge is 2.20. The van der Waals surface area contributed by atoms with E-state index in [1.807, 2.05) is 0 Å². The van der Waals surface area contributed by atoms with Gasteiger partial charge in [-0.15, -0.1) is 0 Å². The highest BCUT2D eigenvalue weighted by atomic mass is 19.1. The van der Waals surface area contributed by atoms with E-state index in [2.05, 4.69) is 0 Å². The monoisotopic (exact) mass is 241 g/mol. The van der Waals surface area contributed by atoms with Crippen molar-refractivity contribution >= 4 is 6.03 Å². The molecule has 0 spiro atoms. The van der Waals surface area contributed by atoms with Gasteiger partial charge < -0.3 is 4.90 Å². The van der Waals surface area contributed by atoms with Crippen LogP contribution < -0.4 is 11.2 Å². The summed E-state index contributed by atoms with van der Waals surface area (Å²) in [6.07, 6.45) is 3.41. The van der Waals surface area contributed by atoms with Crippen LogP contribution in [0.3, 0.4) is 0 Å². The lowest BCUT2D eigenvalue weighted by molar-refractivity contribution is 0.186. The molecule has 1 N–H and O–H groups in total. The number of nitrogens with zero attached hydrogens (tertiary/aromatic N) is 2. The maximum atomic E-state index is 13.0. The molecule has 0 aromatic carbocycles. The molecule has 0 radical (unpaired) electrons. The molecule has 1 saturated heterocycles. The van der Waals surface area contributed by atoms with Gasteiger partial charge in [-0.25, -0.2) is 14.2 Å². The first-order valence-corrected chi connectivity index (χ1v) is 5.40. The first-order chi connectivity index (χ1) is 8.09. The number of aromatic nitrogens is 2. The molecule has 1 amide bonds. The molecule has 1 aliphatic rings. The highest BCUT2D eigenvalue weighted by molar-refractivity contribution is 5.76. The molecule has 0 aliphatic carbocycles. The average Bonchev–Trinajstić information content (AvgIpc) is 2.34. The van der Waals surface area contributed by atoms with E-state index < -0.39 is 23.1 Å². The number of likely N-dealkylation sites (tertiary alicyclic amines) is 1. The summed E-state index contributed by atoms with van der Waals surface area (Å²) in [6, 6.07) is -0.593. The molecule has 17 heavy (non-hydrogen) atoms. The second kappa shape index (κ2) is 4.52. The minimum atomic E-state index is -1.14. The molecule has 2 heterocycles. The minimum Gasteiger partial charge on any atom is -0.324 e. The van der Waals surface area contributed by atoms with Crippen LogP contribution in [0.5, 0.6) is 0 Å². The van der Waals surface area contributed by atoms with Crippen LogP contribution in [0.15, 0.2) is 15.8 Å². The number of halogens is 1. The molecule has 1 fully saturated rings. The van der Waals surface area contributed by atoms with E-state index in [0.717, 1.165) is 19.3 Å². The van der Waals surface area contributed by atoms with Gasteiger partial charge in [-0.2, -0.15) is 4.39 Å². The largest absolute Gasteiger partial charge is 0.336 e. The van der Waals surface area contributed by atoms with E-state index in [9.17, 15) is 18.8 Å². The quantitative estimate of drug-likeness (QED) is 0.701. The van der Waals surface area contributed by atoms with E-state index in [4.69, 9.17) is 0 Å². The molecule has 1 aromatic heterocycles. The highest BCUT2D eigenvalue weighted by Crippen LogP contribution is 2.09. The minimum absolute atomic E-state index is 0.548. The maximum Gasteiger partial charge on any atom is 0.336 e. The fourth-order valence-corrected chi connectivity index (χ4v) is 1.83. The van der Waals surface area contributed by atoms with Crippen molar-refractivity contribution in [2.24, 2.45) is 0 Å². The van der Waals surface area contributed by atoms with Crippen molar-refractivity contribution < 1.29 is 9.18 Å². The molecule has 0 unspecified atom stereocenters. The number of H-pyrrole nitrogens is 1. The Bertz CT molecular complexity index is 542. The summed E-state index contributed by atoms with van der Waals surface area (Å²) in [6.45, 7) is 1.10. The number of carbonyl (C=O) groups excluding carboxylic acids is 1. The molecule has 0 bridgehead atoms. The van der Waals surface area contributed by atoms with Crippen LogP contribution in [0.4, 0.5) is 9.18 Å². The predicted molar refractivity (Wildman–Crippen MR) is 57.5 cm³/mol. The third-order valence-corrected chi connectivity index (χ3v) is 2.73. The fourth-order valence-electron chi connectivity index (χ4n) is 1.83. The topological polar surface area (TPSA) is 75.2 Å². The summed E-state index contributed by atoms with van der Waals surface area (Å²) >= 11 is 0. The van der Waals surface area contributed by atoms with Gasteiger partial charge in [0, 0.05) is 13.1 Å². The van der Waals surface area contributed by atoms with Crippen LogP contribution in [-0.2, 0) is 0 Å². The SMILES string of the molecule is O=C(N1CCCCC1)n1cc(F)c(=O)[nH]c1=O. The fraction of sp³-hybridized carbons (Fsp3) is 0.500. The van der Waals surface area contributed by atoms with Crippen molar-refractivity contribution in [3.05, 3.63) is 32.9 Å². The van der Waals surface area contributed by atoms with Gasteiger partial charge in [-0.05, 0) is 19.3 Å². The van der Waals surface area contributed by atoms with Crippen LogP contribution in [-0.4, -0.2) is 33.6 Å². The number of hydrogen-bond donors (Lipinski definition) is 1. The zero-order valence-corrected chi connectivity index (χ0v) is 9.11. The second-order valence-corrected chi connectivity index (χ2v) is 3.94. The van der Waals surface area contributed by atoms with Gasteiger partial charge in [0.2, 0.25) is 5.82 Å². The zero-order valence-electron chi connectivity index (χ0n) is 9.11. The van der Waals surface area contributed by atoms with Gasteiger partial charge >= 0.3 is 11.7 Å². The van der Waals surface area contributed by atoms with Gasteiger partial charge in [0.15, 0.2) is 0 Å². The van der Waals surface area contributed by atoms with Crippen molar-refractivity contribution in [3.63, 3.8) is 0 Å². The van der Waals surface area contributed by atoms with Crippen molar-refractivity contribution in [1.29, 1.82) is 0 Å². The lowest BCUT2D eigenvalue weighted by Crippen LogP contribution is -2.44. The summed E-state index contributed by atoms with van der Waals surface area (Å²) in [4.78, 5) is 37.3. The van der Waals surface area contributed by atoms with E-state index in [1.54, 1.807) is 4.98 Å². The van der Waals surface area contributed by atoms with Crippen molar-refractivity contribution in [3.8, 4) is 0 Å². The predicted octanol–water partition coefficient (Wildman–Crippen LogP) is 0.130. The first kappa shape index (κ1) is 11.6. The Morgan fingerprint density at radius 1 is 1.24 bits per heavy atom. The molecule has 0 atom stereocenters. The second-order valence-electron chi connectivity index (χ2n) is 3.94. The standard InChI is InChI=1S/C10H12FN3O3/c11-7-6-14(9(16)12-8(7)15)10(17)13-4-2-1-3-5-13/h6H,1-5H2,(H,12,15,16). The van der Waals surface area contributed by atoms with Crippen LogP contribution in [0.1, 0.15) is 19.3 Å². The molecule has 92 valence electrons. The van der Waals surface area contributed by atoms with E-state index in [-0.39, 0.29) is 0 Å². The van der Waals surface area contributed by atoms with Crippen LogP contribution in [0, 0.1) is 5.82 Å². The molecule has 0 saturated carbocycles. The lowest BCUT2D eigenvalue weighted by Gasteiger charge is -2.26. The van der Waals surface area contributed by atoms with Crippen LogP contribution >= 0.6 is 0 Å². The van der Waals surface area contributed by atoms with E-state index in [1.165, 1.54) is 4.90 Å². The summed E-state index contributed by atoms with van der Waals surface area (Å²) in [5, 5.41) is 0. The average molecular weight is 241 g/mol. The summed E-state index contributed by atoms with van der Waals surface area (Å²) in [5.41, 5.74) is -2.02. The normalized spacial score (nSPS) is 15.9. The third-order valence-electron chi connectivity index (χ3n) is 2.73. The van der Waals surface area contributed by atoms with Gasteiger partial charge in [0.1, 0.15) is 0 Å². The first-order valence-electron chi connectivity index (χ1n) is 5.40. The zero-order chi connectivity index (χ0) is 12.4. The summed E-state index contributed by atoms with van der Waals surface area (Å²) in [5.74, 6) is -1.14. The number of nitrogens with one attached hydrogen (secondary N) is 1. The summed E-state index contributed by atoms with van der Waals surface area (Å²) < 4.78 is 13.6. The number of hydrogen-bond acceptors (Lipinski definition) is 3. The Morgan fingerprint density at radius 3 is 2.53 bits per heavy atom. The van der Waals surface area contributed by atoms with E-state index in [0.29, 0.717) is 23.9 Å². The van der Waals surface area contributed by atoms with Crippen molar-refractivity contribution in [2.75, 3.05) is 13.1 Å². The van der Waals surface area contributed by atoms with Gasteiger partial charge in [-0.1, -0.05) is 0 Å². The number of piperidine rings is 1. The molecule has 6 nitrogen and oxygen atoms in total. The summed E-state index contributed by atoms with van der Waals surface area (Å²) in [7, 11) is 0. The van der Waals surface area contributed by atoms with Crippen molar-refractivity contribution in [1.82, 2.24) is 14.5 Å². The molecule has 1 aliphatic heterocycles. The third kappa shape index (κ3) is 2.27. The molecule has 7 heteroatoms. The van der Waals surface area contributed by atoms with E-state index >= 15 is 0 Å². The number of rotatable bonds is 0. The Labute approximate surface area is 95.7 Å².